The molecule has 0 aliphatic carbocycles. The minimum absolute atomic E-state index is 0.0714. The summed E-state index contributed by atoms with van der Waals surface area (Å²) in [7, 11) is 0. The van der Waals surface area contributed by atoms with Gasteiger partial charge in [0.1, 0.15) is 25.3 Å². The number of rotatable bonds is 27. The third-order valence-electron chi connectivity index (χ3n) is 8.42. The Balaban J connectivity index is 2.15. The minimum Gasteiger partial charge on any atom is -0.480 e. The molecule has 2 rings (SSSR count). The zero-order chi connectivity index (χ0) is 41.8. The summed E-state index contributed by atoms with van der Waals surface area (Å²) in [5.74, 6) is -3.31. The second kappa shape index (κ2) is 27.6. The lowest BCUT2D eigenvalue weighted by Crippen LogP contribution is -2.54. The molecule has 19 heteroatoms. The molecule has 2 aromatic carbocycles. The number of guanidine groups is 1. The summed E-state index contributed by atoms with van der Waals surface area (Å²) in [5, 5.41) is 20.0. The summed E-state index contributed by atoms with van der Waals surface area (Å²) < 4.78 is 10.6. The highest BCUT2D eigenvalue weighted by Gasteiger charge is 2.29. The van der Waals surface area contributed by atoms with E-state index in [0.717, 1.165) is 10.5 Å². The molecule has 0 bridgehead atoms. The number of nitrogens with zero attached hydrogens (tertiary/aromatic N) is 2. The highest BCUT2D eigenvalue weighted by molar-refractivity contribution is 5.91. The third kappa shape index (κ3) is 21.1. The molecule has 2 aromatic rings. The average Bonchev–Trinajstić information content (AvgIpc) is 3.19. The SMILES string of the molecule is NCCCC[C@H](NC(=O)CN(CCNC(=O)[C@@H](N)CCCN=C(N)N)C(=O)[C@H](CCCCNC(=O)OCc1ccccc1)NC(=O)OCc1ccccc1)C(=O)O. The first-order valence-corrected chi connectivity index (χ1v) is 18.9. The standard InChI is InChI=1S/C38H58N10O9/c39-19-9-7-18-31(35(52)53)46-32(49)24-48(23-22-43-33(50)29(40)16-11-21-44-36(41)42)34(51)30(47-38(55)57-26-28-14-5-2-6-15-28)17-8-10-20-45-37(54)56-25-27-12-3-1-4-13-27/h1-6,12-15,29-31H,7-11,16-26,39-40H2,(H,43,50)(H,45,54)(H,46,49)(H,47,55)(H,52,53)(H4,41,42,44)/t29-,30-,31-/m0/s1. The van der Waals surface area contributed by atoms with Gasteiger partial charge in [-0.2, -0.15) is 0 Å². The maximum atomic E-state index is 14.1. The van der Waals surface area contributed by atoms with E-state index in [2.05, 4.69) is 26.3 Å². The predicted octanol–water partition coefficient (Wildman–Crippen LogP) is 0.402. The number of alkyl carbamates (subject to hydrolysis) is 2. The number of hydrogen-bond acceptors (Lipinski definition) is 11. The first kappa shape index (κ1) is 47.2. The number of benzene rings is 2. The third-order valence-corrected chi connectivity index (χ3v) is 8.42. The van der Waals surface area contributed by atoms with E-state index in [-0.39, 0.29) is 64.6 Å². The van der Waals surface area contributed by atoms with Crippen LogP contribution in [0, 0.1) is 0 Å². The summed E-state index contributed by atoms with van der Waals surface area (Å²) in [5.41, 5.74) is 23.7. The molecule has 3 atom stereocenters. The molecule has 13 N–H and O–H groups in total. The Morgan fingerprint density at radius 2 is 1.32 bits per heavy atom. The summed E-state index contributed by atoms with van der Waals surface area (Å²) in [6.07, 6.45) is 1.12. The van der Waals surface area contributed by atoms with Gasteiger partial charge < -0.3 is 63.7 Å². The fraction of sp³-hybridized carbons (Fsp3) is 0.500. The first-order valence-electron chi connectivity index (χ1n) is 18.9. The van der Waals surface area contributed by atoms with Crippen LogP contribution in [0.4, 0.5) is 9.59 Å². The Labute approximate surface area is 332 Å². The Morgan fingerprint density at radius 1 is 0.719 bits per heavy atom. The van der Waals surface area contributed by atoms with Crippen LogP contribution in [0.25, 0.3) is 0 Å². The molecule has 0 aliphatic rings. The zero-order valence-electron chi connectivity index (χ0n) is 32.2. The molecule has 0 saturated heterocycles. The van der Waals surface area contributed by atoms with Crippen molar-refractivity contribution >= 4 is 41.8 Å². The number of carbonyl (C=O) groups excluding carboxylic acids is 5. The lowest BCUT2D eigenvalue weighted by molar-refractivity contribution is -0.143. The molecular weight excluding hydrogens is 740 g/mol. The topological polar surface area (TPSA) is 309 Å². The van der Waals surface area contributed by atoms with E-state index in [4.69, 9.17) is 32.4 Å². The van der Waals surface area contributed by atoms with E-state index < -0.39 is 60.5 Å². The van der Waals surface area contributed by atoms with Gasteiger partial charge in [0.15, 0.2) is 5.96 Å². The van der Waals surface area contributed by atoms with Crippen LogP contribution in [0.3, 0.4) is 0 Å². The molecule has 5 amide bonds. The van der Waals surface area contributed by atoms with Gasteiger partial charge in [0.2, 0.25) is 17.7 Å². The molecule has 0 aliphatic heterocycles. The number of nitrogens with one attached hydrogen (secondary N) is 4. The average molecular weight is 799 g/mol. The van der Waals surface area contributed by atoms with Crippen molar-refractivity contribution in [3.8, 4) is 0 Å². The number of carbonyl (C=O) groups is 6. The normalized spacial score (nSPS) is 12.2. The first-order chi connectivity index (χ1) is 27.4. The molecule has 0 fully saturated rings. The fourth-order valence-corrected chi connectivity index (χ4v) is 5.35. The van der Waals surface area contributed by atoms with Gasteiger partial charge in [-0.3, -0.25) is 19.4 Å². The molecule has 0 saturated carbocycles. The largest absolute Gasteiger partial charge is 0.480 e. The van der Waals surface area contributed by atoms with Gasteiger partial charge >= 0.3 is 18.2 Å². The van der Waals surface area contributed by atoms with Crippen molar-refractivity contribution in [3.05, 3.63) is 71.8 Å². The van der Waals surface area contributed by atoms with Gasteiger partial charge in [-0.1, -0.05) is 60.7 Å². The summed E-state index contributed by atoms with van der Waals surface area (Å²) >= 11 is 0. The van der Waals surface area contributed by atoms with Crippen molar-refractivity contribution in [1.29, 1.82) is 0 Å². The van der Waals surface area contributed by atoms with Crippen molar-refractivity contribution in [2.75, 3.05) is 39.3 Å². The highest BCUT2D eigenvalue weighted by atomic mass is 16.6. The molecule has 19 nitrogen and oxygen atoms in total. The number of ether oxygens (including phenoxy) is 2. The maximum absolute atomic E-state index is 14.1. The van der Waals surface area contributed by atoms with Crippen LogP contribution >= 0.6 is 0 Å². The monoisotopic (exact) mass is 798 g/mol. The van der Waals surface area contributed by atoms with Crippen LogP contribution in [0.1, 0.15) is 62.5 Å². The number of nitrogens with two attached hydrogens (primary N) is 4. The Hall–Kier alpha value is -5.95. The summed E-state index contributed by atoms with van der Waals surface area (Å²) in [4.78, 5) is 82.2. The van der Waals surface area contributed by atoms with E-state index in [1.165, 1.54) is 0 Å². The van der Waals surface area contributed by atoms with Crippen LogP contribution in [-0.2, 0) is 41.9 Å². The Morgan fingerprint density at radius 3 is 1.91 bits per heavy atom. The number of carboxylic acid groups (broad SMARTS) is 1. The molecule has 0 spiro atoms. The Bertz CT molecular complexity index is 1560. The van der Waals surface area contributed by atoms with Gasteiger partial charge in [0, 0.05) is 26.2 Å². The van der Waals surface area contributed by atoms with Crippen LogP contribution in [0.15, 0.2) is 65.7 Å². The lowest BCUT2D eigenvalue weighted by Gasteiger charge is -2.28. The van der Waals surface area contributed by atoms with Crippen LogP contribution in [0.2, 0.25) is 0 Å². The summed E-state index contributed by atoms with van der Waals surface area (Å²) in [6.45, 7) is -0.0635. The van der Waals surface area contributed by atoms with Gasteiger partial charge in [-0.15, -0.1) is 0 Å². The molecular formula is C38H58N10O9. The molecule has 314 valence electrons. The molecule has 57 heavy (non-hydrogen) atoms. The minimum atomic E-state index is -1.25. The van der Waals surface area contributed by atoms with E-state index in [1.807, 2.05) is 36.4 Å². The van der Waals surface area contributed by atoms with Gasteiger partial charge in [-0.25, -0.2) is 14.4 Å². The fourth-order valence-electron chi connectivity index (χ4n) is 5.35. The van der Waals surface area contributed by atoms with Crippen molar-refractivity contribution in [2.45, 2.75) is 82.7 Å². The van der Waals surface area contributed by atoms with Gasteiger partial charge in [0.05, 0.1) is 12.6 Å². The van der Waals surface area contributed by atoms with E-state index in [9.17, 15) is 33.9 Å². The highest BCUT2D eigenvalue weighted by Crippen LogP contribution is 2.09. The number of aliphatic carboxylic acids is 1. The van der Waals surface area contributed by atoms with Crippen molar-refractivity contribution in [2.24, 2.45) is 27.9 Å². The second-order valence-electron chi connectivity index (χ2n) is 13.1. The smallest absolute Gasteiger partial charge is 0.408 e. The zero-order valence-corrected chi connectivity index (χ0v) is 32.2. The van der Waals surface area contributed by atoms with Crippen LogP contribution < -0.4 is 44.2 Å². The molecule has 0 unspecified atom stereocenters. The lowest BCUT2D eigenvalue weighted by atomic mass is 10.1. The number of amides is 5. The van der Waals surface area contributed by atoms with Gasteiger partial charge in [-0.05, 0) is 69.0 Å². The summed E-state index contributed by atoms with van der Waals surface area (Å²) in [6, 6.07) is 14.7. The van der Waals surface area contributed by atoms with Crippen molar-refractivity contribution in [3.63, 3.8) is 0 Å². The van der Waals surface area contributed by atoms with Crippen LogP contribution in [0.5, 0.6) is 0 Å². The van der Waals surface area contributed by atoms with Crippen LogP contribution in [-0.4, -0.2) is 109 Å². The number of unbranched alkanes of at least 4 members (excludes halogenated alkanes) is 2. The van der Waals surface area contributed by atoms with E-state index in [1.54, 1.807) is 24.3 Å². The quantitative estimate of drug-likeness (QED) is 0.0336. The van der Waals surface area contributed by atoms with E-state index in [0.29, 0.717) is 44.2 Å². The molecule has 0 heterocycles. The van der Waals surface area contributed by atoms with Gasteiger partial charge in [0.25, 0.3) is 0 Å². The van der Waals surface area contributed by atoms with E-state index >= 15 is 0 Å². The Kier molecular flexibility index (Phi) is 22.9. The maximum Gasteiger partial charge on any atom is 0.408 e. The van der Waals surface area contributed by atoms with Crippen molar-refractivity contribution in [1.82, 2.24) is 26.2 Å². The molecule has 0 aromatic heterocycles. The number of carboxylic acids is 1. The predicted molar refractivity (Wildman–Crippen MR) is 212 cm³/mol. The second-order valence-corrected chi connectivity index (χ2v) is 13.1. The number of hydrogen-bond donors (Lipinski definition) is 9. The number of aliphatic imine (C=N–C) groups is 1. The van der Waals surface area contributed by atoms with Crippen molar-refractivity contribution < 1.29 is 43.3 Å². The molecule has 0 radical (unpaired) electrons.